The van der Waals surface area contributed by atoms with Gasteiger partial charge in [-0.1, -0.05) is 30.3 Å². The van der Waals surface area contributed by atoms with Crippen molar-refractivity contribution in [1.29, 1.82) is 0 Å². The van der Waals surface area contributed by atoms with E-state index in [-0.39, 0.29) is 24.1 Å². The number of esters is 1. The van der Waals surface area contributed by atoms with Crippen LogP contribution in [0.15, 0.2) is 54.6 Å². The van der Waals surface area contributed by atoms with Crippen LogP contribution >= 0.6 is 11.8 Å². The number of hydrogen-bond donors (Lipinski definition) is 1. The number of ether oxygens (including phenoxy) is 1. The van der Waals surface area contributed by atoms with E-state index in [0.717, 1.165) is 11.8 Å². The molecule has 0 saturated carbocycles. The summed E-state index contributed by atoms with van der Waals surface area (Å²) in [7, 11) is 0. The second-order valence-corrected chi connectivity index (χ2v) is 6.73. The summed E-state index contributed by atoms with van der Waals surface area (Å²) in [4.78, 5) is 35.7. The highest BCUT2D eigenvalue weighted by molar-refractivity contribution is 8.01. The average Bonchev–Trinajstić information content (AvgIpc) is 2.66. The van der Waals surface area contributed by atoms with E-state index in [1.165, 1.54) is 24.3 Å². The molecule has 0 aliphatic rings. The summed E-state index contributed by atoms with van der Waals surface area (Å²) in [6.07, 6.45) is 0. The van der Waals surface area contributed by atoms with Gasteiger partial charge in [-0.2, -0.15) is 0 Å². The molecule has 0 fully saturated rings. The number of halogens is 1. The number of anilines is 1. The van der Waals surface area contributed by atoms with Crippen molar-refractivity contribution in [1.82, 2.24) is 0 Å². The minimum absolute atomic E-state index is 0.0281. The van der Waals surface area contributed by atoms with E-state index in [1.54, 1.807) is 37.3 Å². The van der Waals surface area contributed by atoms with Crippen LogP contribution in [-0.2, 0) is 14.3 Å². The molecule has 26 heavy (non-hydrogen) atoms. The first-order valence-electron chi connectivity index (χ1n) is 7.87. The van der Waals surface area contributed by atoms with Gasteiger partial charge in [0.05, 0.1) is 5.75 Å². The molecular weight excluding hydrogens is 357 g/mol. The maximum absolute atomic E-state index is 12.8. The number of carbonyl (C=O) groups excluding carboxylic acids is 3. The molecule has 0 unspecified atom stereocenters. The number of benzene rings is 2. The van der Waals surface area contributed by atoms with Crippen LogP contribution in [0.4, 0.5) is 10.1 Å². The van der Waals surface area contributed by atoms with E-state index in [1.807, 2.05) is 0 Å². The van der Waals surface area contributed by atoms with Crippen molar-refractivity contribution in [3.63, 3.8) is 0 Å². The van der Waals surface area contributed by atoms with Crippen molar-refractivity contribution in [3.05, 3.63) is 66.0 Å². The highest BCUT2D eigenvalue weighted by Gasteiger charge is 2.18. The Balaban J connectivity index is 1.72. The smallest absolute Gasteiger partial charge is 0.319 e. The molecule has 0 aromatic heterocycles. The molecule has 0 saturated heterocycles. The van der Waals surface area contributed by atoms with E-state index < -0.39 is 17.0 Å². The van der Waals surface area contributed by atoms with Crippen molar-refractivity contribution in [2.45, 2.75) is 12.2 Å². The van der Waals surface area contributed by atoms with Gasteiger partial charge in [-0.05, 0) is 31.2 Å². The van der Waals surface area contributed by atoms with Crippen LogP contribution < -0.4 is 5.32 Å². The largest absolute Gasteiger partial charge is 0.456 e. The number of amides is 1. The lowest BCUT2D eigenvalue weighted by atomic mass is 10.1. The Morgan fingerprint density at radius 2 is 1.73 bits per heavy atom. The number of rotatable bonds is 8. The van der Waals surface area contributed by atoms with Crippen LogP contribution in [0, 0.1) is 5.82 Å². The molecule has 0 aliphatic heterocycles. The maximum atomic E-state index is 12.8. The standard InChI is InChI=1S/C19H18FNO4S/c1-13(19(24)25-11-17(22)14-5-3-2-4-6-14)26-12-18(23)21-16-9-7-15(20)8-10-16/h2-10,13H,11-12H2,1H3,(H,21,23)/t13-/m0/s1. The molecule has 0 bridgehead atoms. The topological polar surface area (TPSA) is 72.5 Å². The lowest BCUT2D eigenvalue weighted by Crippen LogP contribution is -2.23. The highest BCUT2D eigenvalue weighted by Crippen LogP contribution is 2.14. The Kier molecular flexibility index (Phi) is 7.35. The van der Waals surface area contributed by atoms with Crippen molar-refractivity contribution < 1.29 is 23.5 Å². The maximum Gasteiger partial charge on any atom is 0.319 e. The van der Waals surface area contributed by atoms with Crippen molar-refractivity contribution in [2.24, 2.45) is 0 Å². The Morgan fingerprint density at radius 1 is 1.08 bits per heavy atom. The number of thioether (sulfide) groups is 1. The quantitative estimate of drug-likeness (QED) is 0.566. The Labute approximate surface area is 154 Å². The van der Waals surface area contributed by atoms with E-state index in [2.05, 4.69) is 5.32 Å². The van der Waals surface area contributed by atoms with Gasteiger partial charge >= 0.3 is 5.97 Å². The summed E-state index contributed by atoms with van der Waals surface area (Å²) < 4.78 is 17.8. The van der Waals surface area contributed by atoms with Gasteiger partial charge in [0.25, 0.3) is 0 Å². The molecule has 1 amide bonds. The molecule has 2 aromatic carbocycles. The minimum atomic E-state index is -0.599. The molecule has 5 nitrogen and oxygen atoms in total. The molecule has 2 aromatic rings. The molecule has 0 heterocycles. The lowest BCUT2D eigenvalue weighted by Gasteiger charge is -2.11. The minimum Gasteiger partial charge on any atom is -0.456 e. The van der Waals surface area contributed by atoms with Crippen LogP contribution in [0.2, 0.25) is 0 Å². The van der Waals surface area contributed by atoms with E-state index in [4.69, 9.17) is 4.74 Å². The van der Waals surface area contributed by atoms with Gasteiger partial charge < -0.3 is 10.1 Å². The van der Waals surface area contributed by atoms with Gasteiger partial charge in [0.15, 0.2) is 12.4 Å². The van der Waals surface area contributed by atoms with E-state index >= 15 is 0 Å². The first-order chi connectivity index (χ1) is 12.5. The summed E-state index contributed by atoms with van der Waals surface area (Å²) >= 11 is 1.09. The average molecular weight is 375 g/mol. The van der Waals surface area contributed by atoms with E-state index in [0.29, 0.717) is 11.3 Å². The van der Waals surface area contributed by atoms with E-state index in [9.17, 15) is 18.8 Å². The Morgan fingerprint density at radius 3 is 2.38 bits per heavy atom. The summed E-state index contributed by atoms with van der Waals surface area (Å²) in [5, 5.41) is 2.00. The summed E-state index contributed by atoms with van der Waals surface area (Å²) in [6, 6.07) is 13.9. The van der Waals surface area contributed by atoms with Gasteiger partial charge in [-0.15, -0.1) is 11.8 Å². The monoisotopic (exact) mass is 375 g/mol. The zero-order valence-corrected chi connectivity index (χ0v) is 14.9. The fraction of sp³-hybridized carbons (Fsp3) is 0.211. The summed E-state index contributed by atoms with van der Waals surface area (Å²) in [6.45, 7) is 1.26. The van der Waals surface area contributed by atoms with Crippen LogP contribution in [0.5, 0.6) is 0 Å². The fourth-order valence-electron chi connectivity index (χ4n) is 1.96. The molecule has 0 aliphatic carbocycles. The highest BCUT2D eigenvalue weighted by atomic mass is 32.2. The Hall–Kier alpha value is -2.67. The molecule has 1 atom stereocenters. The third-order valence-electron chi connectivity index (χ3n) is 3.37. The SMILES string of the molecule is C[C@H](SCC(=O)Nc1ccc(F)cc1)C(=O)OCC(=O)c1ccccc1. The molecular formula is C19H18FNO4S. The van der Waals surface area contributed by atoms with Crippen molar-refractivity contribution >= 4 is 35.1 Å². The van der Waals surface area contributed by atoms with Gasteiger partial charge in [0.1, 0.15) is 11.1 Å². The zero-order chi connectivity index (χ0) is 18.9. The first-order valence-corrected chi connectivity index (χ1v) is 8.92. The second kappa shape index (κ2) is 9.72. The molecule has 7 heteroatoms. The van der Waals surface area contributed by atoms with Crippen molar-refractivity contribution in [2.75, 3.05) is 17.7 Å². The lowest BCUT2D eigenvalue weighted by molar-refractivity contribution is -0.141. The normalized spacial score (nSPS) is 11.5. The van der Waals surface area contributed by atoms with Crippen LogP contribution in [0.25, 0.3) is 0 Å². The van der Waals surface area contributed by atoms with Gasteiger partial charge in [0.2, 0.25) is 5.91 Å². The Bertz CT molecular complexity index is 765. The van der Waals surface area contributed by atoms with Crippen LogP contribution in [0.1, 0.15) is 17.3 Å². The number of hydrogen-bond acceptors (Lipinski definition) is 5. The fourth-order valence-corrected chi connectivity index (χ4v) is 2.64. The summed E-state index contributed by atoms with van der Waals surface area (Å²) in [5.41, 5.74) is 0.944. The third-order valence-corrected chi connectivity index (χ3v) is 4.49. The molecule has 0 spiro atoms. The van der Waals surface area contributed by atoms with Crippen LogP contribution in [-0.4, -0.2) is 35.3 Å². The molecule has 0 radical (unpaired) electrons. The van der Waals surface area contributed by atoms with Gasteiger partial charge in [0, 0.05) is 11.3 Å². The number of carbonyl (C=O) groups is 3. The number of Topliss-reactive ketones (excluding diaryl/α,β-unsaturated/α-hetero) is 1. The predicted octanol–water partition coefficient (Wildman–Crippen LogP) is 3.31. The first kappa shape index (κ1) is 19.7. The van der Waals surface area contributed by atoms with Crippen molar-refractivity contribution in [3.8, 4) is 0 Å². The zero-order valence-electron chi connectivity index (χ0n) is 14.1. The number of nitrogens with one attached hydrogen (secondary N) is 1. The van der Waals surface area contributed by atoms with Gasteiger partial charge in [-0.25, -0.2) is 4.39 Å². The summed E-state index contributed by atoms with van der Waals surface area (Å²) in [5.74, 6) is -1.53. The molecule has 2 rings (SSSR count). The third kappa shape index (κ3) is 6.33. The molecule has 136 valence electrons. The molecule has 1 N–H and O–H groups in total. The van der Waals surface area contributed by atoms with Crippen LogP contribution in [0.3, 0.4) is 0 Å². The number of ketones is 1. The second-order valence-electron chi connectivity index (χ2n) is 5.41. The van der Waals surface area contributed by atoms with Gasteiger partial charge in [-0.3, -0.25) is 14.4 Å². The predicted molar refractivity (Wildman–Crippen MR) is 98.7 cm³/mol.